The first-order chi connectivity index (χ1) is 10.4. The molecule has 0 aromatic heterocycles. The molecule has 0 aliphatic carbocycles. The first-order valence-corrected chi connectivity index (χ1v) is 7.30. The SMILES string of the molecule is COc1cccc(O)c1[C@@H](CCC(F)(F)F)N1CCNCC1. The molecule has 0 amide bonds. The number of alkyl halides is 3. The predicted octanol–water partition coefficient (Wildman–Crippen LogP) is 2.69. The van der Waals surface area contributed by atoms with Crippen LogP contribution in [0.5, 0.6) is 11.5 Å². The number of benzene rings is 1. The van der Waals surface area contributed by atoms with Crippen LogP contribution in [0, 0.1) is 0 Å². The highest BCUT2D eigenvalue weighted by molar-refractivity contribution is 5.46. The Kier molecular flexibility index (Phi) is 5.52. The van der Waals surface area contributed by atoms with Crippen molar-refractivity contribution in [3.8, 4) is 11.5 Å². The maximum absolute atomic E-state index is 12.7. The van der Waals surface area contributed by atoms with Crippen LogP contribution in [-0.4, -0.2) is 49.5 Å². The quantitative estimate of drug-likeness (QED) is 0.876. The van der Waals surface area contributed by atoms with Crippen LogP contribution in [0.1, 0.15) is 24.4 Å². The van der Waals surface area contributed by atoms with E-state index in [1.807, 2.05) is 4.90 Å². The summed E-state index contributed by atoms with van der Waals surface area (Å²) < 4.78 is 43.2. The van der Waals surface area contributed by atoms with Gasteiger partial charge in [0.2, 0.25) is 0 Å². The highest BCUT2D eigenvalue weighted by Crippen LogP contribution is 2.40. The average Bonchev–Trinajstić information content (AvgIpc) is 2.48. The van der Waals surface area contributed by atoms with Crippen molar-refractivity contribution in [2.45, 2.75) is 25.1 Å². The molecule has 1 aromatic carbocycles. The molecule has 1 aromatic rings. The summed E-state index contributed by atoms with van der Waals surface area (Å²) in [6, 6.07) is 4.26. The Labute approximate surface area is 127 Å². The maximum atomic E-state index is 12.7. The number of nitrogens with zero attached hydrogens (tertiary/aromatic N) is 1. The van der Waals surface area contributed by atoms with E-state index in [4.69, 9.17) is 4.74 Å². The summed E-state index contributed by atoms with van der Waals surface area (Å²) in [6.07, 6.45) is -5.21. The van der Waals surface area contributed by atoms with Crippen LogP contribution in [0.3, 0.4) is 0 Å². The van der Waals surface area contributed by atoms with Gasteiger partial charge in [-0.3, -0.25) is 4.90 Å². The van der Waals surface area contributed by atoms with Crippen LogP contribution in [0.25, 0.3) is 0 Å². The summed E-state index contributed by atoms with van der Waals surface area (Å²) in [5, 5.41) is 13.3. The number of aromatic hydroxyl groups is 1. The lowest BCUT2D eigenvalue weighted by atomic mass is 9.97. The van der Waals surface area contributed by atoms with Crippen LogP contribution < -0.4 is 10.1 Å². The van der Waals surface area contributed by atoms with Crippen LogP contribution in [-0.2, 0) is 0 Å². The van der Waals surface area contributed by atoms with Crippen molar-refractivity contribution >= 4 is 0 Å². The topological polar surface area (TPSA) is 44.7 Å². The number of rotatable bonds is 5. The van der Waals surface area contributed by atoms with Crippen molar-refractivity contribution in [2.24, 2.45) is 0 Å². The molecule has 0 bridgehead atoms. The lowest BCUT2D eigenvalue weighted by Gasteiger charge is -2.36. The van der Waals surface area contributed by atoms with Gasteiger partial charge in [-0.2, -0.15) is 13.2 Å². The van der Waals surface area contributed by atoms with E-state index in [2.05, 4.69) is 5.32 Å². The molecule has 2 rings (SSSR count). The molecule has 1 saturated heterocycles. The van der Waals surface area contributed by atoms with E-state index in [-0.39, 0.29) is 12.2 Å². The summed E-state index contributed by atoms with van der Waals surface area (Å²) in [4.78, 5) is 1.97. The fraction of sp³-hybridized carbons (Fsp3) is 0.600. The lowest BCUT2D eigenvalue weighted by molar-refractivity contribution is -0.138. The summed E-state index contributed by atoms with van der Waals surface area (Å²) in [5.74, 6) is 0.399. The third-order valence-corrected chi connectivity index (χ3v) is 3.89. The van der Waals surface area contributed by atoms with Crippen molar-refractivity contribution in [2.75, 3.05) is 33.3 Å². The first-order valence-electron chi connectivity index (χ1n) is 7.30. The standard InChI is InChI=1S/C15H21F3N2O2/c1-22-13-4-2-3-12(21)14(13)11(5-6-15(16,17)18)20-9-7-19-8-10-20/h2-4,11,19,21H,5-10H2,1H3/t11-/m1/s1. The third kappa shape index (κ3) is 4.27. The van der Waals surface area contributed by atoms with Crippen molar-refractivity contribution in [1.82, 2.24) is 10.2 Å². The Balaban J connectivity index is 2.30. The number of phenolic OH excluding ortho intramolecular Hbond substituents is 1. The number of hydrogen-bond donors (Lipinski definition) is 2. The molecule has 1 atom stereocenters. The highest BCUT2D eigenvalue weighted by Gasteiger charge is 2.33. The van der Waals surface area contributed by atoms with E-state index in [9.17, 15) is 18.3 Å². The second kappa shape index (κ2) is 7.19. The molecule has 0 radical (unpaired) electrons. The number of nitrogens with one attached hydrogen (secondary N) is 1. The second-order valence-electron chi connectivity index (χ2n) is 5.35. The van der Waals surface area contributed by atoms with Gasteiger partial charge in [0.15, 0.2) is 0 Å². The van der Waals surface area contributed by atoms with E-state index in [0.717, 1.165) is 13.1 Å². The Bertz CT molecular complexity index is 488. The van der Waals surface area contributed by atoms with Gasteiger partial charge in [-0.05, 0) is 18.6 Å². The number of halogens is 3. The molecular weight excluding hydrogens is 297 g/mol. The van der Waals surface area contributed by atoms with Crippen molar-refractivity contribution in [3.05, 3.63) is 23.8 Å². The summed E-state index contributed by atoms with van der Waals surface area (Å²) in [6.45, 7) is 2.72. The zero-order valence-electron chi connectivity index (χ0n) is 12.5. The zero-order valence-corrected chi connectivity index (χ0v) is 12.5. The smallest absolute Gasteiger partial charge is 0.389 e. The zero-order chi connectivity index (χ0) is 16.2. The molecule has 7 heteroatoms. The van der Waals surface area contributed by atoms with Crippen LogP contribution >= 0.6 is 0 Å². The Morgan fingerprint density at radius 3 is 2.59 bits per heavy atom. The summed E-state index contributed by atoms with van der Waals surface area (Å²) >= 11 is 0. The third-order valence-electron chi connectivity index (χ3n) is 3.89. The van der Waals surface area contributed by atoms with Gasteiger partial charge in [0.05, 0.1) is 12.7 Å². The Hall–Kier alpha value is -1.47. The van der Waals surface area contributed by atoms with Gasteiger partial charge >= 0.3 is 6.18 Å². The lowest BCUT2D eigenvalue weighted by Crippen LogP contribution is -2.45. The van der Waals surface area contributed by atoms with E-state index < -0.39 is 18.6 Å². The van der Waals surface area contributed by atoms with Crippen molar-refractivity contribution < 1.29 is 23.0 Å². The molecule has 1 aliphatic heterocycles. The summed E-state index contributed by atoms with van der Waals surface area (Å²) in [5.41, 5.74) is 0.441. The van der Waals surface area contributed by atoms with E-state index in [1.165, 1.54) is 13.2 Å². The summed E-state index contributed by atoms with van der Waals surface area (Å²) in [7, 11) is 1.46. The average molecular weight is 318 g/mol. The fourth-order valence-corrected chi connectivity index (χ4v) is 2.85. The molecule has 0 saturated carbocycles. The van der Waals surface area contributed by atoms with Crippen LogP contribution in [0.15, 0.2) is 18.2 Å². The number of phenols is 1. The van der Waals surface area contributed by atoms with Gasteiger partial charge in [0, 0.05) is 38.6 Å². The maximum Gasteiger partial charge on any atom is 0.389 e. The van der Waals surface area contributed by atoms with Gasteiger partial charge in [-0.25, -0.2) is 0 Å². The number of piperazine rings is 1. The minimum Gasteiger partial charge on any atom is -0.507 e. The molecule has 124 valence electrons. The second-order valence-corrected chi connectivity index (χ2v) is 5.35. The molecule has 0 unspecified atom stereocenters. The fourth-order valence-electron chi connectivity index (χ4n) is 2.85. The van der Waals surface area contributed by atoms with Crippen LogP contribution in [0.2, 0.25) is 0 Å². The molecule has 22 heavy (non-hydrogen) atoms. The molecule has 2 N–H and O–H groups in total. The first kappa shape index (κ1) is 16.9. The number of hydrogen-bond acceptors (Lipinski definition) is 4. The van der Waals surface area contributed by atoms with Gasteiger partial charge in [-0.1, -0.05) is 6.07 Å². The minimum atomic E-state index is -4.22. The largest absolute Gasteiger partial charge is 0.507 e. The predicted molar refractivity (Wildman–Crippen MR) is 77.1 cm³/mol. The van der Waals surface area contributed by atoms with E-state index >= 15 is 0 Å². The van der Waals surface area contributed by atoms with Gasteiger partial charge < -0.3 is 15.2 Å². The molecular formula is C15H21F3N2O2. The highest BCUT2D eigenvalue weighted by atomic mass is 19.4. The molecule has 4 nitrogen and oxygen atoms in total. The van der Waals surface area contributed by atoms with Gasteiger partial charge in [0.1, 0.15) is 11.5 Å². The molecule has 0 spiro atoms. The van der Waals surface area contributed by atoms with Crippen molar-refractivity contribution in [3.63, 3.8) is 0 Å². The minimum absolute atomic E-state index is 0.0231. The Morgan fingerprint density at radius 1 is 1.32 bits per heavy atom. The van der Waals surface area contributed by atoms with E-state index in [0.29, 0.717) is 24.4 Å². The van der Waals surface area contributed by atoms with Crippen LogP contribution in [0.4, 0.5) is 13.2 Å². The van der Waals surface area contributed by atoms with Gasteiger partial charge in [-0.15, -0.1) is 0 Å². The van der Waals surface area contributed by atoms with E-state index in [1.54, 1.807) is 12.1 Å². The van der Waals surface area contributed by atoms with Crippen molar-refractivity contribution in [1.29, 1.82) is 0 Å². The number of methoxy groups -OCH3 is 1. The normalized spacial score (nSPS) is 18.2. The molecule has 1 heterocycles. The Morgan fingerprint density at radius 2 is 2.00 bits per heavy atom. The monoisotopic (exact) mass is 318 g/mol. The molecule has 1 fully saturated rings. The van der Waals surface area contributed by atoms with Gasteiger partial charge in [0.25, 0.3) is 0 Å². The molecule has 1 aliphatic rings. The number of ether oxygens (including phenoxy) is 1.